The summed E-state index contributed by atoms with van der Waals surface area (Å²) in [5.74, 6) is -1.63. The molecule has 0 aliphatic heterocycles. The predicted octanol–water partition coefficient (Wildman–Crippen LogP) is 1.40. The lowest BCUT2D eigenvalue weighted by Crippen LogP contribution is -2.40. The van der Waals surface area contributed by atoms with Crippen LogP contribution in [0.4, 0.5) is 0 Å². The van der Waals surface area contributed by atoms with E-state index in [9.17, 15) is 14.7 Å². The number of unbranched alkanes of at least 4 members (excludes halogenated alkanes) is 4. The van der Waals surface area contributed by atoms with Gasteiger partial charge in [0, 0.05) is 6.42 Å². The molecule has 0 rings (SSSR count). The Balaban J connectivity index is 3.92. The van der Waals surface area contributed by atoms with Gasteiger partial charge in [-0.2, -0.15) is 0 Å². The summed E-state index contributed by atoms with van der Waals surface area (Å²) >= 11 is 0. The van der Waals surface area contributed by atoms with Gasteiger partial charge in [-0.15, -0.1) is 0 Å². The third-order valence-electron chi connectivity index (χ3n) is 3.59. The van der Waals surface area contributed by atoms with Crippen molar-refractivity contribution >= 4 is 11.9 Å². The number of aliphatic hydroxyl groups excluding tert-OH is 1. The molecule has 154 valence electrons. The normalized spacial score (nSPS) is 14.0. The molecule has 26 heavy (non-hydrogen) atoms. The van der Waals surface area contributed by atoms with Crippen molar-refractivity contribution in [1.29, 1.82) is 0 Å². The van der Waals surface area contributed by atoms with Gasteiger partial charge < -0.3 is 28.9 Å². The number of hydrogen-bond acceptors (Lipinski definition) is 6. The van der Waals surface area contributed by atoms with Gasteiger partial charge in [0.05, 0.1) is 34.4 Å². The van der Waals surface area contributed by atoms with Crippen molar-refractivity contribution in [2.75, 3.05) is 47.5 Å². The van der Waals surface area contributed by atoms with Crippen LogP contribution in [0.1, 0.15) is 45.4 Å². The van der Waals surface area contributed by atoms with Gasteiger partial charge in [-0.25, -0.2) is 4.79 Å². The highest BCUT2D eigenvalue weighted by atomic mass is 16.7. The maximum absolute atomic E-state index is 11.6. The smallest absolute Gasteiger partial charge is 0.361 e. The zero-order valence-corrected chi connectivity index (χ0v) is 16.6. The van der Waals surface area contributed by atoms with Crippen molar-refractivity contribution in [3.63, 3.8) is 0 Å². The van der Waals surface area contributed by atoms with Crippen molar-refractivity contribution < 1.29 is 38.5 Å². The Kier molecular flexibility index (Phi) is 13.3. The molecule has 0 saturated heterocycles. The third-order valence-corrected chi connectivity index (χ3v) is 3.59. The zero-order valence-electron chi connectivity index (χ0n) is 16.6. The van der Waals surface area contributed by atoms with E-state index in [4.69, 9.17) is 19.3 Å². The van der Waals surface area contributed by atoms with Gasteiger partial charge in [0.2, 0.25) is 0 Å². The molecule has 0 saturated carbocycles. The molecule has 0 bridgehead atoms. The number of nitrogens with zero attached hydrogens (tertiary/aromatic N) is 1. The first kappa shape index (κ1) is 24.8. The monoisotopic (exact) mass is 378 g/mol. The van der Waals surface area contributed by atoms with Crippen LogP contribution in [0.25, 0.3) is 0 Å². The number of carbonyl (C=O) groups excluding carboxylic acids is 1. The number of aliphatic carboxylic acids is 1. The van der Waals surface area contributed by atoms with Gasteiger partial charge in [0.25, 0.3) is 6.29 Å². The highest BCUT2D eigenvalue weighted by Crippen LogP contribution is 2.06. The van der Waals surface area contributed by atoms with Gasteiger partial charge in [0.15, 0.2) is 0 Å². The number of carboxylic acid groups (broad SMARTS) is 1. The summed E-state index contributed by atoms with van der Waals surface area (Å²) in [5.41, 5.74) is 0. The lowest BCUT2D eigenvalue weighted by Gasteiger charge is -2.24. The van der Waals surface area contributed by atoms with Crippen LogP contribution in [-0.4, -0.2) is 86.5 Å². The highest BCUT2D eigenvalue weighted by Gasteiger charge is 2.22. The number of esters is 1. The van der Waals surface area contributed by atoms with E-state index < -0.39 is 18.4 Å². The minimum absolute atomic E-state index is 0.212. The first-order valence-corrected chi connectivity index (χ1v) is 9.26. The lowest BCUT2D eigenvalue weighted by molar-refractivity contribution is -0.870. The molecule has 0 aromatic carbocycles. The number of likely N-dealkylation sites (N-methyl/N-ethyl adjacent to an activating group) is 1. The molecule has 8 nitrogen and oxygen atoms in total. The molecule has 0 aromatic rings. The third kappa shape index (κ3) is 15.1. The number of quaternary nitrogens is 1. The number of rotatable bonds is 16. The summed E-state index contributed by atoms with van der Waals surface area (Å²) in [7, 11) is 5.88. The second-order valence-corrected chi connectivity index (χ2v) is 7.39. The molecule has 0 spiro atoms. The lowest BCUT2D eigenvalue weighted by atomic mass is 10.1. The van der Waals surface area contributed by atoms with E-state index in [1.165, 1.54) is 0 Å². The average molecular weight is 378 g/mol. The quantitative estimate of drug-likeness (QED) is 0.181. The summed E-state index contributed by atoms with van der Waals surface area (Å²) in [4.78, 5) is 22.7. The molecule has 0 radical (unpaired) electrons. The minimum atomic E-state index is -1.45. The van der Waals surface area contributed by atoms with Crippen LogP contribution >= 0.6 is 0 Å². The average Bonchev–Trinajstić information content (AvgIpc) is 2.54. The van der Waals surface area contributed by atoms with Gasteiger partial charge in [-0.05, 0) is 6.42 Å². The number of ether oxygens (including phenoxy) is 3. The second-order valence-electron chi connectivity index (χ2n) is 7.39. The van der Waals surface area contributed by atoms with Crippen LogP contribution in [0.3, 0.4) is 0 Å². The fourth-order valence-electron chi connectivity index (χ4n) is 2.01. The van der Waals surface area contributed by atoms with E-state index in [-0.39, 0.29) is 25.8 Å². The molecule has 0 aliphatic rings. The Bertz CT molecular complexity index is 395. The molecule has 2 unspecified atom stereocenters. The van der Waals surface area contributed by atoms with Crippen molar-refractivity contribution in [3.8, 4) is 0 Å². The van der Waals surface area contributed by atoms with Gasteiger partial charge in [-0.1, -0.05) is 32.6 Å². The Morgan fingerprint density at radius 3 is 2.23 bits per heavy atom. The van der Waals surface area contributed by atoms with Crippen LogP contribution in [-0.2, 0) is 23.8 Å². The summed E-state index contributed by atoms with van der Waals surface area (Å²) in [6.07, 6.45) is 2.94. The SMILES string of the molecule is CCCCCCCC(=O)OCC(O)COC(OCC[N+](C)(C)C)C(=O)O. The Morgan fingerprint density at radius 1 is 1.00 bits per heavy atom. The Morgan fingerprint density at radius 2 is 1.65 bits per heavy atom. The van der Waals surface area contributed by atoms with Crippen molar-refractivity contribution in [1.82, 2.24) is 0 Å². The molecule has 0 fully saturated rings. The number of hydrogen-bond donors (Lipinski definition) is 2. The summed E-state index contributed by atoms with van der Waals surface area (Å²) in [6.45, 7) is 2.45. The van der Waals surface area contributed by atoms with E-state index in [1.54, 1.807) is 0 Å². The number of carboxylic acids is 1. The first-order chi connectivity index (χ1) is 12.2. The summed E-state index contributed by atoms with van der Waals surface area (Å²) in [5, 5.41) is 18.8. The fourth-order valence-corrected chi connectivity index (χ4v) is 2.01. The molecule has 0 aliphatic carbocycles. The van der Waals surface area contributed by atoms with Gasteiger partial charge in [0.1, 0.15) is 19.3 Å². The first-order valence-electron chi connectivity index (χ1n) is 9.26. The van der Waals surface area contributed by atoms with Crippen LogP contribution in [0, 0.1) is 0 Å². The van der Waals surface area contributed by atoms with Crippen LogP contribution in [0.15, 0.2) is 0 Å². The van der Waals surface area contributed by atoms with E-state index in [1.807, 2.05) is 21.1 Å². The largest absolute Gasteiger partial charge is 0.477 e. The molecular formula is C18H36NO7+. The van der Waals surface area contributed by atoms with Crippen molar-refractivity contribution in [2.24, 2.45) is 0 Å². The zero-order chi connectivity index (χ0) is 20.0. The molecule has 0 heterocycles. The fraction of sp³-hybridized carbons (Fsp3) is 0.889. The van der Waals surface area contributed by atoms with Gasteiger partial charge in [-0.3, -0.25) is 4.79 Å². The van der Waals surface area contributed by atoms with E-state index in [0.717, 1.165) is 32.1 Å². The van der Waals surface area contributed by atoms with Crippen LogP contribution in [0.5, 0.6) is 0 Å². The molecule has 2 N–H and O–H groups in total. The standard InChI is InChI=1S/C18H35NO7/c1-5-6-7-8-9-10-16(21)25-13-15(20)14-26-18(17(22)23)24-12-11-19(2,3)4/h15,18,20H,5-14H2,1-4H3/p+1. The molecular weight excluding hydrogens is 342 g/mol. The topological polar surface area (TPSA) is 102 Å². The molecule has 0 aromatic heterocycles. The number of aliphatic hydroxyl groups is 1. The predicted molar refractivity (Wildman–Crippen MR) is 96.6 cm³/mol. The summed E-state index contributed by atoms with van der Waals surface area (Å²) < 4.78 is 15.9. The second kappa shape index (κ2) is 13.9. The Hall–Kier alpha value is -1.22. The van der Waals surface area contributed by atoms with Crippen molar-refractivity contribution in [2.45, 2.75) is 57.8 Å². The Labute approximate surface area is 156 Å². The highest BCUT2D eigenvalue weighted by molar-refractivity contribution is 5.70. The van der Waals surface area contributed by atoms with Crippen LogP contribution in [0.2, 0.25) is 0 Å². The van der Waals surface area contributed by atoms with E-state index in [2.05, 4.69) is 6.92 Å². The maximum Gasteiger partial charge on any atom is 0.361 e. The molecule has 8 heteroatoms. The van der Waals surface area contributed by atoms with E-state index >= 15 is 0 Å². The van der Waals surface area contributed by atoms with Crippen molar-refractivity contribution in [3.05, 3.63) is 0 Å². The van der Waals surface area contributed by atoms with Gasteiger partial charge >= 0.3 is 11.9 Å². The molecule has 2 atom stereocenters. The van der Waals surface area contributed by atoms with E-state index in [0.29, 0.717) is 17.4 Å². The minimum Gasteiger partial charge on any atom is -0.477 e. The van der Waals surface area contributed by atoms with Crippen LogP contribution < -0.4 is 0 Å². The summed E-state index contributed by atoms with van der Waals surface area (Å²) in [6, 6.07) is 0. The number of carbonyl (C=O) groups is 2. The molecule has 0 amide bonds. The maximum atomic E-state index is 11.6.